The lowest BCUT2D eigenvalue weighted by molar-refractivity contribution is -0.120. The average molecular weight is 249 g/mol. The number of carbonyl (C=O) groups is 1. The van der Waals surface area contributed by atoms with Gasteiger partial charge in [0.25, 0.3) is 5.56 Å². The number of carbonyl (C=O) groups excluding carboxylic acids is 1. The first-order chi connectivity index (χ1) is 8.60. The number of aromatic nitrogens is 2. The van der Waals surface area contributed by atoms with E-state index < -0.39 is 0 Å². The summed E-state index contributed by atoms with van der Waals surface area (Å²) in [5.41, 5.74) is -0.123. The van der Waals surface area contributed by atoms with Gasteiger partial charge in [-0.3, -0.25) is 9.59 Å². The zero-order valence-corrected chi connectivity index (χ0v) is 10.9. The number of hydrogen-bond donors (Lipinski definition) is 1. The standard InChI is InChI=1S/C13H19N3O2/c1-3-11-14-12(7-13(18)15-11)16-6-4-5-10(8-16)9(2)17/h7,10H,3-6,8H2,1-2H3,(H,14,15,18). The summed E-state index contributed by atoms with van der Waals surface area (Å²) in [4.78, 5) is 32.2. The molecule has 1 aliphatic rings. The van der Waals surface area contributed by atoms with Crippen molar-refractivity contribution < 1.29 is 4.79 Å². The normalized spacial score (nSPS) is 19.9. The number of ketones is 1. The molecule has 2 rings (SSSR count). The number of piperidine rings is 1. The van der Waals surface area contributed by atoms with Crippen LogP contribution < -0.4 is 10.5 Å². The molecule has 2 heterocycles. The second kappa shape index (κ2) is 5.33. The molecule has 18 heavy (non-hydrogen) atoms. The minimum absolute atomic E-state index is 0.0740. The lowest BCUT2D eigenvalue weighted by Gasteiger charge is -2.32. The van der Waals surface area contributed by atoms with Crippen LogP contribution in [0.15, 0.2) is 10.9 Å². The number of Topliss-reactive ketones (excluding diaryl/α,β-unsaturated/α-hetero) is 1. The maximum Gasteiger partial charge on any atom is 0.252 e. The minimum atomic E-state index is -0.123. The molecule has 1 saturated heterocycles. The molecule has 0 saturated carbocycles. The molecule has 1 atom stereocenters. The van der Waals surface area contributed by atoms with Crippen LogP contribution in [0.25, 0.3) is 0 Å². The van der Waals surface area contributed by atoms with Crippen LogP contribution in [0.5, 0.6) is 0 Å². The summed E-state index contributed by atoms with van der Waals surface area (Å²) in [5.74, 6) is 1.69. The van der Waals surface area contributed by atoms with Crippen molar-refractivity contribution in [2.75, 3.05) is 18.0 Å². The van der Waals surface area contributed by atoms with Crippen molar-refractivity contribution in [3.05, 3.63) is 22.2 Å². The van der Waals surface area contributed by atoms with E-state index in [1.54, 1.807) is 6.92 Å². The van der Waals surface area contributed by atoms with E-state index in [1.807, 2.05) is 11.8 Å². The van der Waals surface area contributed by atoms with Gasteiger partial charge in [-0.15, -0.1) is 0 Å². The molecule has 0 amide bonds. The Morgan fingerprint density at radius 3 is 3.06 bits per heavy atom. The molecule has 1 aromatic rings. The van der Waals surface area contributed by atoms with Gasteiger partial charge in [-0.05, 0) is 19.8 Å². The van der Waals surface area contributed by atoms with Gasteiger partial charge in [0.2, 0.25) is 0 Å². The third-order valence-electron chi connectivity index (χ3n) is 3.43. The molecule has 98 valence electrons. The molecule has 0 spiro atoms. The summed E-state index contributed by atoms with van der Waals surface area (Å²) in [5, 5.41) is 0. The van der Waals surface area contributed by atoms with Crippen molar-refractivity contribution in [2.24, 2.45) is 5.92 Å². The van der Waals surface area contributed by atoms with Gasteiger partial charge in [0.1, 0.15) is 17.4 Å². The topological polar surface area (TPSA) is 66.1 Å². The Labute approximate surface area is 106 Å². The van der Waals surface area contributed by atoms with Gasteiger partial charge in [-0.1, -0.05) is 6.92 Å². The first-order valence-electron chi connectivity index (χ1n) is 6.45. The number of anilines is 1. The predicted octanol–water partition coefficient (Wildman–Crippen LogP) is 1.14. The van der Waals surface area contributed by atoms with Crippen molar-refractivity contribution in [3.63, 3.8) is 0 Å². The quantitative estimate of drug-likeness (QED) is 0.872. The Balaban J connectivity index is 2.22. The van der Waals surface area contributed by atoms with E-state index in [0.717, 1.165) is 19.4 Å². The van der Waals surface area contributed by atoms with Gasteiger partial charge in [0.15, 0.2) is 0 Å². The van der Waals surface area contributed by atoms with Crippen LogP contribution in [0.4, 0.5) is 5.82 Å². The fraction of sp³-hybridized carbons (Fsp3) is 0.615. The Morgan fingerprint density at radius 1 is 1.61 bits per heavy atom. The van der Waals surface area contributed by atoms with Gasteiger partial charge < -0.3 is 9.88 Å². The fourth-order valence-corrected chi connectivity index (χ4v) is 2.34. The lowest BCUT2D eigenvalue weighted by atomic mass is 9.95. The molecular weight excluding hydrogens is 230 g/mol. The second-order valence-electron chi connectivity index (χ2n) is 4.80. The zero-order chi connectivity index (χ0) is 13.1. The molecule has 5 heteroatoms. The average Bonchev–Trinajstić information content (AvgIpc) is 2.38. The van der Waals surface area contributed by atoms with E-state index in [0.29, 0.717) is 24.6 Å². The van der Waals surface area contributed by atoms with Gasteiger partial charge >= 0.3 is 0 Å². The Bertz CT molecular complexity index is 495. The molecular formula is C13H19N3O2. The minimum Gasteiger partial charge on any atom is -0.356 e. The van der Waals surface area contributed by atoms with Crippen LogP contribution in [0.3, 0.4) is 0 Å². The maximum absolute atomic E-state index is 11.5. The van der Waals surface area contributed by atoms with Crippen LogP contribution in [0.2, 0.25) is 0 Å². The molecule has 0 bridgehead atoms. The van der Waals surface area contributed by atoms with E-state index in [4.69, 9.17) is 0 Å². The summed E-state index contributed by atoms with van der Waals surface area (Å²) < 4.78 is 0. The molecule has 1 fully saturated rings. The first-order valence-corrected chi connectivity index (χ1v) is 6.45. The first kappa shape index (κ1) is 12.8. The number of hydrogen-bond acceptors (Lipinski definition) is 4. The molecule has 1 aliphatic heterocycles. The summed E-state index contributed by atoms with van der Waals surface area (Å²) in [6.45, 7) is 5.13. The highest BCUT2D eigenvalue weighted by molar-refractivity contribution is 5.79. The second-order valence-corrected chi connectivity index (χ2v) is 4.80. The molecule has 0 aromatic carbocycles. The van der Waals surface area contributed by atoms with Gasteiger partial charge in [0, 0.05) is 31.5 Å². The summed E-state index contributed by atoms with van der Waals surface area (Å²) >= 11 is 0. The smallest absolute Gasteiger partial charge is 0.252 e. The highest BCUT2D eigenvalue weighted by atomic mass is 16.1. The van der Waals surface area contributed by atoms with Crippen molar-refractivity contribution >= 4 is 11.6 Å². The Kier molecular flexibility index (Phi) is 3.79. The largest absolute Gasteiger partial charge is 0.356 e. The van der Waals surface area contributed by atoms with Gasteiger partial charge in [-0.2, -0.15) is 0 Å². The maximum atomic E-state index is 11.5. The lowest BCUT2D eigenvalue weighted by Crippen LogP contribution is -2.39. The molecule has 5 nitrogen and oxygen atoms in total. The summed E-state index contributed by atoms with van der Waals surface area (Å²) in [6, 6.07) is 1.52. The van der Waals surface area contributed by atoms with Crippen molar-refractivity contribution in [1.29, 1.82) is 0 Å². The molecule has 0 radical (unpaired) electrons. The van der Waals surface area contributed by atoms with E-state index in [-0.39, 0.29) is 17.3 Å². The summed E-state index contributed by atoms with van der Waals surface area (Å²) in [6.07, 6.45) is 2.61. The van der Waals surface area contributed by atoms with Crippen molar-refractivity contribution in [2.45, 2.75) is 33.1 Å². The zero-order valence-electron chi connectivity index (χ0n) is 10.9. The van der Waals surface area contributed by atoms with Gasteiger partial charge in [-0.25, -0.2) is 4.98 Å². The van der Waals surface area contributed by atoms with Crippen LogP contribution >= 0.6 is 0 Å². The van der Waals surface area contributed by atoms with E-state index in [1.165, 1.54) is 6.07 Å². The fourth-order valence-electron chi connectivity index (χ4n) is 2.34. The van der Waals surface area contributed by atoms with Crippen LogP contribution in [-0.2, 0) is 11.2 Å². The number of aryl methyl sites for hydroxylation is 1. The number of rotatable bonds is 3. The highest BCUT2D eigenvalue weighted by Crippen LogP contribution is 2.21. The summed E-state index contributed by atoms with van der Waals surface area (Å²) in [7, 11) is 0. The Hall–Kier alpha value is -1.65. The van der Waals surface area contributed by atoms with Crippen LogP contribution in [0.1, 0.15) is 32.5 Å². The van der Waals surface area contributed by atoms with Crippen LogP contribution in [-0.4, -0.2) is 28.8 Å². The third kappa shape index (κ3) is 2.78. The van der Waals surface area contributed by atoms with Crippen molar-refractivity contribution in [1.82, 2.24) is 9.97 Å². The van der Waals surface area contributed by atoms with Gasteiger partial charge in [0.05, 0.1) is 0 Å². The number of nitrogens with one attached hydrogen (secondary N) is 1. The monoisotopic (exact) mass is 249 g/mol. The van der Waals surface area contributed by atoms with E-state index in [2.05, 4.69) is 9.97 Å². The molecule has 1 N–H and O–H groups in total. The molecule has 0 aliphatic carbocycles. The molecule has 1 unspecified atom stereocenters. The molecule has 1 aromatic heterocycles. The van der Waals surface area contributed by atoms with Crippen molar-refractivity contribution in [3.8, 4) is 0 Å². The third-order valence-corrected chi connectivity index (χ3v) is 3.43. The van der Waals surface area contributed by atoms with E-state index >= 15 is 0 Å². The Morgan fingerprint density at radius 2 is 2.39 bits per heavy atom. The predicted molar refractivity (Wildman–Crippen MR) is 69.9 cm³/mol. The number of H-pyrrole nitrogens is 1. The van der Waals surface area contributed by atoms with E-state index in [9.17, 15) is 9.59 Å². The van der Waals surface area contributed by atoms with Crippen LogP contribution in [0, 0.1) is 5.92 Å². The SMILES string of the molecule is CCc1nc(N2CCCC(C(C)=O)C2)cc(=O)[nH]1. The highest BCUT2D eigenvalue weighted by Gasteiger charge is 2.24. The number of aromatic amines is 1. The number of nitrogens with zero attached hydrogens (tertiary/aromatic N) is 2.